The summed E-state index contributed by atoms with van der Waals surface area (Å²) in [6, 6.07) is 7.75. The molecule has 0 radical (unpaired) electrons. The van der Waals surface area contributed by atoms with Gasteiger partial charge in [-0.1, -0.05) is 43.0 Å². The quantitative estimate of drug-likeness (QED) is 0.339. The summed E-state index contributed by atoms with van der Waals surface area (Å²) in [5.41, 5.74) is 0.763. The lowest BCUT2D eigenvalue weighted by Crippen LogP contribution is -2.55. The zero-order valence-electron chi connectivity index (χ0n) is 26.3. The second-order valence-corrected chi connectivity index (χ2v) is 14.7. The molecule has 236 valence electrons. The molecule has 5 rings (SSSR count). The third kappa shape index (κ3) is 8.39. The van der Waals surface area contributed by atoms with Gasteiger partial charge in [0.1, 0.15) is 18.8 Å². The number of rotatable bonds is 9. The molecule has 0 spiro atoms. The van der Waals surface area contributed by atoms with Crippen molar-refractivity contribution >= 4 is 23.5 Å². The number of esters is 1. The zero-order valence-corrected chi connectivity index (χ0v) is 27.0. The van der Waals surface area contributed by atoms with Gasteiger partial charge < -0.3 is 15.0 Å². The molecular weight excluding hydrogens is 562 g/mol. The van der Waals surface area contributed by atoms with Crippen LogP contribution in [0.4, 0.5) is 0 Å². The molecule has 9 heteroatoms. The summed E-state index contributed by atoms with van der Waals surface area (Å²) < 4.78 is 7.81. The Morgan fingerprint density at radius 2 is 1.70 bits per heavy atom. The molecule has 1 atom stereocenters. The Labute approximate surface area is 262 Å². The molecule has 2 heterocycles. The maximum atomic E-state index is 14.2. The molecule has 1 aromatic carbocycles. The molecule has 0 unspecified atom stereocenters. The van der Waals surface area contributed by atoms with Gasteiger partial charge in [-0.15, -0.1) is 0 Å². The van der Waals surface area contributed by atoms with Crippen molar-refractivity contribution in [3.05, 3.63) is 47.5 Å². The van der Waals surface area contributed by atoms with Crippen LogP contribution in [0.1, 0.15) is 97.0 Å². The van der Waals surface area contributed by atoms with E-state index in [-0.39, 0.29) is 35.5 Å². The fourth-order valence-corrected chi connectivity index (χ4v) is 7.60. The van der Waals surface area contributed by atoms with Gasteiger partial charge in [0.25, 0.3) is 0 Å². The van der Waals surface area contributed by atoms with Crippen LogP contribution in [0.3, 0.4) is 0 Å². The Kier molecular flexibility index (Phi) is 10.5. The van der Waals surface area contributed by atoms with E-state index < -0.39 is 5.41 Å². The SMILES string of the molecule is CC(C)(C)C(=O)OC1CCC(N[C@H](Cc2ccc(Cl)cc2)C(=O)N2CCC(Cn3cncn3)(C3CCCCC3)CC2)CC1. The topological polar surface area (TPSA) is 89.4 Å². The minimum absolute atomic E-state index is 0.0461. The number of hydrogen-bond acceptors (Lipinski definition) is 6. The maximum absolute atomic E-state index is 14.2. The first kappa shape index (κ1) is 32.0. The minimum atomic E-state index is -0.497. The van der Waals surface area contributed by atoms with Crippen molar-refractivity contribution in [2.75, 3.05) is 13.1 Å². The highest BCUT2D eigenvalue weighted by atomic mass is 35.5. The van der Waals surface area contributed by atoms with E-state index in [1.165, 1.54) is 32.1 Å². The van der Waals surface area contributed by atoms with E-state index in [0.29, 0.717) is 17.4 Å². The number of amides is 1. The molecule has 3 fully saturated rings. The number of halogens is 1. The fraction of sp³-hybridized carbons (Fsp3) is 0.706. The highest BCUT2D eigenvalue weighted by molar-refractivity contribution is 6.30. The number of hydrogen-bond donors (Lipinski definition) is 1. The van der Waals surface area contributed by atoms with Crippen molar-refractivity contribution < 1.29 is 14.3 Å². The molecule has 2 aromatic rings. The lowest BCUT2D eigenvalue weighted by Gasteiger charge is -2.48. The fourth-order valence-electron chi connectivity index (χ4n) is 7.47. The predicted octanol–water partition coefficient (Wildman–Crippen LogP) is 6.22. The van der Waals surface area contributed by atoms with E-state index in [0.717, 1.165) is 63.7 Å². The summed E-state index contributed by atoms with van der Waals surface area (Å²) in [6.07, 6.45) is 15.9. The Bertz CT molecular complexity index is 1170. The molecule has 0 bridgehead atoms. The Balaban J connectivity index is 1.24. The van der Waals surface area contributed by atoms with Gasteiger partial charge in [-0.25, -0.2) is 4.98 Å². The average Bonchev–Trinajstić information content (AvgIpc) is 3.52. The van der Waals surface area contributed by atoms with Crippen LogP contribution in [0.2, 0.25) is 5.02 Å². The summed E-state index contributed by atoms with van der Waals surface area (Å²) >= 11 is 6.17. The Morgan fingerprint density at radius 1 is 1.02 bits per heavy atom. The summed E-state index contributed by atoms with van der Waals surface area (Å²) in [5, 5.41) is 8.91. The molecule has 8 nitrogen and oxygen atoms in total. The van der Waals surface area contributed by atoms with Crippen LogP contribution in [-0.4, -0.2) is 62.8 Å². The van der Waals surface area contributed by atoms with E-state index >= 15 is 0 Å². The van der Waals surface area contributed by atoms with E-state index in [2.05, 4.69) is 20.3 Å². The van der Waals surface area contributed by atoms with Crippen LogP contribution in [0, 0.1) is 16.7 Å². The molecule has 1 aromatic heterocycles. The first-order valence-electron chi connectivity index (χ1n) is 16.4. The summed E-state index contributed by atoms with van der Waals surface area (Å²) in [6.45, 7) is 8.11. The number of benzene rings is 1. The number of carbonyl (C=O) groups excluding carboxylic acids is 2. The van der Waals surface area contributed by atoms with Crippen LogP contribution in [0.25, 0.3) is 0 Å². The first-order valence-corrected chi connectivity index (χ1v) is 16.8. The van der Waals surface area contributed by atoms with Gasteiger partial charge in [0, 0.05) is 30.7 Å². The molecule has 3 aliphatic rings. The van der Waals surface area contributed by atoms with Gasteiger partial charge in [0.2, 0.25) is 5.91 Å². The summed E-state index contributed by atoms with van der Waals surface area (Å²) in [4.78, 5) is 32.9. The standard InChI is InChI=1S/C34H50ClN5O3/c1-33(2,3)32(42)43-29-15-13-28(14-16-29)38-30(21-25-9-11-27(35)12-10-25)31(41)39-19-17-34(18-20-39,22-40-24-36-23-37-40)26-7-5-4-6-8-26/h9-12,23-24,26,28-30,38H,4-8,13-22H2,1-3H3/t28?,29?,30-/m1/s1. The van der Waals surface area contributed by atoms with Crippen molar-refractivity contribution in [2.45, 2.75) is 123 Å². The molecular formula is C34H50ClN5O3. The largest absolute Gasteiger partial charge is 0.462 e. The lowest BCUT2D eigenvalue weighted by molar-refractivity contribution is -0.160. The molecule has 1 N–H and O–H groups in total. The van der Waals surface area contributed by atoms with Crippen molar-refractivity contribution in [3.8, 4) is 0 Å². The number of likely N-dealkylation sites (tertiary alicyclic amines) is 1. The van der Waals surface area contributed by atoms with E-state index in [4.69, 9.17) is 16.3 Å². The smallest absolute Gasteiger partial charge is 0.311 e. The van der Waals surface area contributed by atoms with Crippen molar-refractivity contribution in [3.63, 3.8) is 0 Å². The number of aromatic nitrogens is 3. The molecule has 2 saturated carbocycles. The van der Waals surface area contributed by atoms with E-state index in [1.807, 2.05) is 56.0 Å². The molecule has 43 heavy (non-hydrogen) atoms. The number of piperidine rings is 1. The first-order chi connectivity index (χ1) is 20.6. The second kappa shape index (κ2) is 14.1. The van der Waals surface area contributed by atoms with Crippen molar-refractivity contribution in [1.29, 1.82) is 0 Å². The van der Waals surface area contributed by atoms with Gasteiger partial charge in [0.05, 0.1) is 11.5 Å². The maximum Gasteiger partial charge on any atom is 0.311 e. The number of nitrogens with one attached hydrogen (secondary N) is 1. The van der Waals surface area contributed by atoms with Crippen molar-refractivity contribution in [1.82, 2.24) is 25.0 Å². The summed E-state index contributed by atoms with van der Waals surface area (Å²) in [7, 11) is 0. The van der Waals surface area contributed by atoms with Crippen LogP contribution < -0.4 is 5.32 Å². The van der Waals surface area contributed by atoms with Gasteiger partial charge >= 0.3 is 5.97 Å². The Morgan fingerprint density at radius 3 is 2.30 bits per heavy atom. The van der Waals surface area contributed by atoms with Crippen molar-refractivity contribution in [2.24, 2.45) is 16.7 Å². The van der Waals surface area contributed by atoms with Gasteiger partial charge in [-0.2, -0.15) is 5.10 Å². The van der Waals surface area contributed by atoms with Gasteiger partial charge in [-0.3, -0.25) is 14.3 Å². The number of nitrogens with zero attached hydrogens (tertiary/aromatic N) is 4. The number of carbonyl (C=O) groups is 2. The average molecular weight is 612 g/mol. The number of ether oxygens (including phenoxy) is 1. The van der Waals surface area contributed by atoms with Crippen LogP contribution in [0.5, 0.6) is 0 Å². The summed E-state index contributed by atoms with van der Waals surface area (Å²) in [5.74, 6) is 0.723. The minimum Gasteiger partial charge on any atom is -0.462 e. The zero-order chi connectivity index (χ0) is 30.5. The lowest BCUT2D eigenvalue weighted by atomic mass is 9.63. The van der Waals surface area contributed by atoms with E-state index in [1.54, 1.807) is 6.33 Å². The van der Waals surface area contributed by atoms with Crippen LogP contribution in [0.15, 0.2) is 36.9 Å². The van der Waals surface area contributed by atoms with Crippen LogP contribution >= 0.6 is 11.6 Å². The third-order valence-corrected chi connectivity index (χ3v) is 10.4. The second-order valence-electron chi connectivity index (χ2n) is 14.3. The predicted molar refractivity (Wildman–Crippen MR) is 169 cm³/mol. The molecule has 1 saturated heterocycles. The van der Waals surface area contributed by atoms with Crippen LogP contribution in [-0.2, 0) is 27.3 Å². The highest BCUT2D eigenvalue weighted by Crippen LogP contribution is 2.47. The van der Waals surface area contributed by atoms with E-state index in [9.17, 15) is 9.59 Å². The van der Waals surface area contributed by atoms with Gasteiger partial charge in [-0.05, 0) is 108 Å². The highest BCUT2D eigenvalue weighted by Gasteiger charge is 2.44. The Hall–Kier alpha value is -2.45. The van der Waals surface area contributed by atoms with Gasteiger partial charge in [0.15, 0.2) is 0 Å². The third-order valence-electron chi connectivity index (χ3n) is 10.1. The molecule has 2 aliphatic carbocycles. The normalized spacial score (nSPS) is 24.0. The monoisotopic (exact) mass is 611 g/mol. The molecule has 1 amide bonds. The molecule has 1 aliphatic heterocycles.